The molecule has 8 aromatic heterocycles. The van der Waals surface area contributed by atoms with Crippen LogP contribution in [0.5, 0.6) is 0 Å². The van der Waals surface area contributed by atoms with Crippen LogP contribution >= 0.6 is 22.7 Å². The maximum atomic E-state index is 5.13. The van der Waals surface area contributed by atoms with Gasteiger partial charge in [-0.15, -0.1) is 22.7 Å². The molecule has 0 aliphatic rings. The molecule has 696 valence electrons. The molecule has 24 aromatic carbocycles. The minimum absolute atomic E-state index is 0.634. The summed E-state index contributed by atoms with van der Waals surface area (Å²) in [5, 5.41) is 29.3. The van der Waals surface area contributed by atoms with Crippen molar-refractivity contribution in [3.05, 3.63) is 497 Å². The van der Waals surface area contributed by atoms with E-state index >= 15 is 0 Å². The predicted octanol–water partition coefficient (Wildman–Crippen LogP) is 37.1. The third kappa shape index (κ3) is 13.7. The molecule has 10 nitrogen and oxygen atoms in total. The second-order valence-electron chi connectivity index (χ2n) is 39.0. The van der Waals surface area contributed by atoms with E-state index in [1.165, 1.54) is 204 Å². The van der Waals surface area contributed by atoms with Crippen molar-refractivity contribution in [1.82, 2.24) is 48.2 Å². The number of hydrogen-bond acceptors (Lipinski definition) is 8. The molecule has 0 spiro atoms. The van der Waals surface area contributed by atoms with Crippen molar-refractivity contribution in [1.29, 1.82) is 0 Å². The van der Waals surface area contributed by atoms with Crippen molar-refractivity contribution in [3.63, 3.8) is 0 Å². The number of rotatable bonds is 12. The quantitative estimate of drug-likeness (QED) is 0.113. The standard InChI is InChI=1S/2C69H41N5S/c1-3-15-42(16-4-1)67-70-68(43-17-5-2-6-18-43)72-69(71-67)46-27-32-51-52-33-30-47(40-57(52)50-20-8-7-19-49(50)56(51)39-46)73-61-24-12-9-21-53(61)58-37-44(28-34-63(58)73)45-29-35-64-59(38-45)54-22-10-13-25-62(54)74(64)48-31-36-66-60(41-48)55-23-11-14-26-65(55)75-66;1-3-15-42(16-4-1)67-70-68(43-17-5-2-6-18-43)72-69(71-67)46-27-32-51-49-19-7-8-20-50(49)52-33-30-47(40-57(52)56(51)39-46)73-61-24-12-9-21-53(61)58-37-44(28-34-63(58)73)45-29-35-64-59(38-45)54-22-10-13-25-62(54)74(64)48-31-36-66-60(41-48)55-23-11-14-26-65(55)75-66/h2*1-41H. The molecule has 12 heteroatoms. The van der Waals surface area contributed by atoms with Gasteiger partial charge in [0, 0.05) is 140 Å². The largest absolute Gasteiger partial charge is 0.309 e. The Hall–Kier alpha value is -19.5. The van der Waals surface area contributed by atoms with Gasteiger partial charge in [0.1, 0.15) is 0 Å². The number of nitrogens with zero attached hydrogens (tertiary/aromatic N) is 10. The van der Waals surface area contributed by atoms with E-state index in [1.807, 2.05) is 95.5 Å². The Balaban J connectivity index is 0.000000135. The van der Waals surface area contributed by atoms with Crippen LogP contribution in [0, 0.1) is 0 Å². The fourth-order valence-electron chi connectivity index (χ4n) is 23.8. The van der Waals surface area contributed by atoms with Crippen LogP contribution in [-0.2, 0) is 0 Å². The molecule has 0 saturated carbocycles. The SMILES string of the molecule is c1ccc(-c2nc(-c3ccccc3)nc(-c3ccc4c5ccc(-n6c7ccccc7c7cc(-c8ccc9c(c8)c8ccccc8n9-c8ccc9sc%10ccccc%10c9c8)ccc76)cc5c5ccccc5c4c3)n2)cc1.c1ccc(-c2nc(-c3ccccc3)nc(-c3ccc4c5ccccc5c5ccc(-n6c7ccccc7c7cc(-c8ccc9c(c8)c8ccccc8n9-c8ccc9sc%10ccccc%10c9c8)ccc76)cc5c4c3)n2)cc1. The zero-order valence-corrected chi connectivity index (χ0v) is 82.3. The number of thiophene rings is 2. The lowest BCUT2D eigenvalue weighted by atomic mass is 9.93. The molecule has 0 aliphatic heterocycles. The summed E-state index contributed by atoms with van der Waals surface area (Å²) in [7, 11) is 0. The van der Waals surface area contributed by atoms with Crippen molar-refractivity contribution in [2.45, 2.75) is 0 Å². The van der Waals surface area contributed by atoms with Gasteiger partial charge in [0.25, 0.3) is 0 Å². The van der Waals surface area contributed by atoms with Crippen molar-refractivity contribution < 1.29 is 0 Å². The topological polar surface area (TPSA) is 97.1 Å². The summed E-state index contributed by atoms with van der Waals surface area (Å²) in [5.74, 6) is 3.86. The molecule has 0 atom stereocenters. The highest BCUT2D eigenvalue weighted by Crippen LogP contribution is 2.49. The minimum atomic E-state index is 0.634. The fourth-order valence-corrected chi connectivity index (χ4v) is 25.9. The molecule has 0 radical (unpaired) electrons. The Bertz CT molecular complexity index is 11100. The van der Waals surface area contributed by atoms with Gasteiger partial charge < -0.3 is 18.3 Å². The van der Waals surface area contributed by atoms with Crippen LogP contribution in [0.1, 0.15) is 0 Å². The zero-order chi connectivity index (χ0) is 98.3. The molecule has 32 aromatic rings. The van der Waals surface area contributed by atoms with Gasteiger partial charge in [-0.3, -0.25) is 0 Å². The first-order valence-electron chi connectivity index (χ1n) is 50.8. The Labute approximate surface area is 867 Å². The summed E-state index contributed by atoms with van der Waals surface area (Å²) in [5.41, 5.74) is 24.5. The van der Waals surface area contributed by atoms with Gasteiger partial charge in [-0.05, 0) is 245 Å². The van der Waals surface area contributed by atoms with E-state index in [4.69, 9.17) is 29.9 Å². The number of aromatic nitrogens is 10. The number of para-hydroxylation sites is 4. The molecular formula is C138H82N10S2. The number of benzene rings is 24. The predicted molar refractivity (Wildman–Crippen MR) is 631 cm³/mol. The summed E-state index contributed by atoms with van der Waals surface area (Å²) >= 11 is 3.72. The van der Waals surface area contributed by atoms with E-state index in [2.05, 4.69) is 443 Å². The number of fused-ring (bicyclic) bond motifs is 30. The Morgan fingerprint density at radius 3 is 0.620 bits per heavy atom. The summed E-state index contributed by atoms with van der Waals surface area (Å²) in [6, 6.07) is 180. The average Bonchev–Trinajstić information content (AvgIpc) is 1.02. The first-order valence-corrected chi connectivity index (χ1v) is 52.5. The van der Waals surface area contributed by atoms with E-state index in [9.17, 15) is 0 Å². The van der Waals surface area contributed by atoms with Crippen LogP contribution in [0.25, 0.3) is 306 Å². The lowest BCUT2D eigenvalue weighted by Crippen LogP contribution is -2.00. The Kier molecular flexibility index (Phi) is 19.3. The maximum Gasteiger partial charge on any atom is 0.164 e. The van der Waals surface area contributed by atoms with E-state index in [0.717, 1.165) is 66.6 Å². The highest BCUT2D eigenvalue weighted by atomic mass is 32.1. The Morgan fingerprint density at radius 1 is 0.113 bits per heavy atom. The summed E-state index contributed by atoms with van der Waals surface area (Å²) in [6.45, 7) is 0. The van der Waals surface area contributed by atoms with Crippen molar-refractivity contribution in [3.8, 4) is 113 Å². The Morgan fingerprint density at radius 2 is 0.307 bits per heavy atom. The number of hydrogen-bond donors (Lipinski definition) is 0. The second kappa shape index (κ2) is 34.1. The van der Waals surface area contributed by atoms with E-state index in [1.54, 1.807) is 0 Å². The summed E-state index contributed by atoms with van der Waals surface area (Å²) in [4.78, 5) is 30.4. The molecule has 0 saturated heterocycles. The monoisotopic (exact) mass is 1940 g/mol. The molecular weight excluding hydrogens is 1860 g/mol. The van der Waals surface area contributed by atoms with Gasteiger partial charge >= 0.3 is 0 Å². The van der Waals surface area contributed by atoms with Crippen LogP contribution < -0.4 is 0 Å². The average molecular weight is 1940 g/mol. The van der Waals surface area contributed by atoms with Gasteiger partial charge in [0.2, 0.25) is 0 Å². The lowest BCUT2D eigenvalue weighted by Gasteiger charge is -2.15. The van der Waals surface area contributed by atoms with Gasteiger partial charge in [-0.1, -0.05) is 340 Å². The van der Waals surface area contributed by atoms with E-state index in [-0.39, 0.29) is 0 Å². The van der Waals surface area contributed by atoms with Crippen molar-refractivity contribution in [2.75, 3.05) is 0 Å². The summed E-state index contributed by atoms with van der Waals surface area (Å²) < 4.78 is 15.0. The lowest BCUT2D eigenvalue weighted by molar-refractivity contribution is 1.07. The van der Waals surface area contributed by atoms with Gasteiger partial charge in [0.15, 0.2) is 34.9 Å². The normalized spacial score (nSPS) is 12.0. The van der Waals surface area contributed by atoms with Gasteiger partial charge in [-0.2, -0.15) is 0 Å². The highest BCUT2D eigenvalue weighted by Gasteiger charge is 2.26. The molecule has 0 N–H and O–H groups in total. The van der Waals surface area contributed by atoms with Gasteiger partial charge in [-0.25, -0.2) is 29.9 Å². The van der Waals surface area contributed by atoms with Crippen LogP contribution in [0.3, 0.4) is 0 Å². The first kappa shape index (κ1) is 85.0. The van der Waals surface area contributed by atoms with Crippen LogP contribution in [0.15, 0.2) is 497 Å². The maximum absolute atomic E-state index is 5.13. The smallest absolute Gasteiger partial charge is 0.164 e. The molecule has 0 unspecified atom stereocenters. The zero-order valence-electron chi connectivity index (χ0n) is 80.6. The summed E-state index contributed by atoms with van der Waals surface area (Å²) in [6.07, 6.45) is 0. The molecule has 32 rings (SSSR count). The molecule has 0 aliphatic carbocycles. The third-order valence-electron chi connectivity index (χ3n) is 30.7. The van der Waals surface area contributed by atoms with E-state index < -0.39 is 0 Å². The highest BCUT2D eigenvalue weighted by molar-refractivity contribution is 7.26. The minimum Gasteiger partial charge on any atom is -0.309 e. The first-order chi connectivity index (χ1) is 74.3. The van der Waals surface area contributed by atoms with Crippen LogP contribution in [0.4, 0.5) is 0 Å². The molecule has 150 heavy (non-hydrogen) atoms. The van der Waals surface area contributed by atoms with Gasteiger partial charge in [0.05, 0.1) is 44.1 Å². The molecule has 8 heterocycles. The van der Waals surface area contributed by atoms with Crippen LogP contribution in [-0.4, -0.2) is 48.2 Å². The van der Waals surface area contributed by atoms with Crippen molar-refractivity contribution in [2.24, 2.45) is 0 Å². The fraction of sp³-hybridized carbons (Fsp3) is 0. The van der Waals surface area contributed by atoms with Crippen LogP contribution in [0.2, 0.25) is 0 Å². The van der Waals surface area contributed by atoms with E-state index in [0.29, 0.717) is 34.9 Å². The van der Waals surface area contributed by atoms with Crippen molar-refractivity contribution >= 4 is 215 Å². The molecule has 0 amide bonds. The molecule has 0 bridgehead atoms. The third-order valence-corrected chi connectivity index (χ3v) is 33.0. The molecule has 0 fully saturated rings. The second-order valence-corrected chi connectivity index (χ2v) is 41.2.